The summed E-state index contributed by atoms with van der Waals surface area (Å²) in [5.74, 6) is -0.0420. The minimum absolute atomic E-state index is 0.106. The van der Waals surface area contributed by atoms with Gasteiger partial charge in [0.05, 0.1) is 8.47 Å². The average molecular weight is 838 g/mol. The second-order valence-electron chi connectivity index (χ2n) is 8.44. The highest BCUT2D eigenvalue weighted by Gasteiger charge is 2.33. The number of hydrogen-bond donors (Lipinski definition) is 1. The summed E-state index contributed by atoms with van der Waals surface area (Å²) in [6.07, 6.45) is 2.44. The van der Waals surface area contributed by atoms with Crippen molar-refractivity contribution < 1.29 is 25.6 Å². The molecule has 0 unspecified atom stereocenters. The Morgan fingerprint density at radius 3 is 2.00 bits per heavy atom. The van der Waals surface area contributed by atoms with Crippen LogP contribution in [0.4, 0.5) is 0 Å². The van der Waals surface area contributed by atoms with Crippen molar-refractivity contribution in [1.29, 1.82) is 0 Å². The molecule has 11 heteroatoms. The second-order valence-corrected chi connectivity index (χ2v) is 14.6. The fraction of sp³-hybridized carbons (Fsp3) is 0.304. The van der Waals surface area contributed by atoms with E-state index in [-0.39, 0.29) is 21.5 Å². The largest absolute Gasteiger partial charge is 0.378 e. The molecule has 0 fully saturated rings. The maximum Gasteiger partial charge on any atom is 0.341 e. The van der Waals surface area contributed by atoms with Gasteiger partial charge < -0.3 is 4.18 Å². The lowest BCUT2D eigenvalue weighted by Crippen LogP contribution is -2.19. The van der Waals surface area contributed by atoms with Crippen molar-refractivity contribution in [2.24, 2.45) is 0 Å². The summed E-state index contributed by atoms with van der Waals surface area (Å²) in [7, 11) is -8.72. The summed E-state index contributed by atoms with van der Waals surface area (Å²) in [5, 5.41) is 1.79. The minimum atomic E-state index is -4.46. The summed E-state index contributed by atoms with van der Waals surface area (Å²) in [5.41, 5.74) is 1.44. The predicted octanol–water partition coefficient (Wildman–Crippen LogP) is 6.67. The number of fused-ring (bicyclic) bond motifs is 2. The summed E-state index contributed by atoms with van der Waals surface area (Å²) in [4.78, 5) is -0.0463. The molecule has 1 aliphatic rings. The van der Waals surface area contributed by atoms with Crippen LogP contribution in [-0.2, 0) is 33.1 Å². The standard InChI is InChI=1S/C23H21I3O6S2/c1-12(2)17-11-18(33(27,28)29)13-7-3-6-10-16(13)22(17)32-34(30,31)23-20(25)15-9-5-4-8-14(15)19(24)21(23)26/h4-5,8-9,11-12H,3,6-7,10H2,1-2H3,(H,27,28,29). The Morgan fingerprint density at radius 2 is 1.44 bits per heavy atom. The molecule has 1 aliphatic carbocycles. The molecule has 0 aliphatic heterocycles. The zero-order valence-corrected chi connectivity index (χ0v) is 26.3. The first-order valence-electron chi connectivity index (χ1n) is 10.5. The molecule has 6 nitrogen and oxygen atoms in total. The van der Waals surface area contributed by atoms with Crippen LogP contribution in [0.1, 0.15) is 49.3 Å². The van der Waals surface area contributed by atoms with Gasteiger partial charge in [0.25, 0.3) is 10.1 Å². The molecule has 3 aromatic carbocycles. The van der Waals surface area contributed by atoms with Gasteiger partial charge in [-0.1, -0.05) is 38.1 Å². The highest BCUT2D eigenvalue weighted by molar-refractivity contribution is 14.1. The van der Waals surface area contributed by atoms with E-state index in [1.54, 1.807) is 0 Å². The van der Waals surface area contributed by atoms with Gasteiger partial charge >= 0.3 is 10.1 Å². The molecule has 0 saturated carbocycles. The smallest absolute Gasteiger partial charge is 0.341 e. The molecule has 1 N–H and O–H groups in total. The average Bonchev–Trinajstić information content (AvgIpc) is 2.76. The third-order valence-corrected chi connectivity index (χ3v) is 13.2. The SMILES string of the molecule is CC(C)c1cc(S(=O)(=O)O)c2c(c1OS(=O)(=O)c1c(I)c(I)c3ccccc3c1I)CCCC2. The monoisotopic (exact) mass is 838 g/mol. The van der Waals surface area contributed by atoms with Crippen molar-refractivity contribution in [2.75, 3.05) is 0 Å². The van der Waals surface area contributed by atoms with Crippen LogP contribution in [0.5, 0.6) is 5.75 Å². The molecule has 34 heavy (non-hydrogen) atoms. The van der Waals surface area contributed by atoms with E-state index >= 15 is 0 Å². The first-order chi connectivity index (χ1) is 15.8. The molecule has 0 radical (unpaired) electrons. The Bertz CT molecular complexity index is 1530. The van der Waals surface area contributed by atoms with Crippen LogP contribution >= 0.6 is 67.8 Å². The number of hydrogen-bond acceptors (Lipinski definition) is 5. The first-order valence-corrected chi connectivity index (χ1v) is 16.6. The maximum atomic E-state index is 13.8. The molecule has 0 atom stereocenters. The van der Waals surface area contributed by atoms with E-state index in [4.69, 9.17) is 4.18 Å². The third-order valence-electron chi connectivity index (χ3n) is 5.92. The van der Waals surface area contributed by atoms with Crippen LogP contribution in [0.3, 0.4) is 0 Å². The molecule has 0 spiro atoms. The van der Waals surface area contributed by atoms with E-state index in [1.807, 2.05) is 60.7 Å². The minimum Gasteiger partial charge on any atom is -0.378 e. The molecule has 0 aromatic heterocycles. The number of rotatable bonds is 5. The van der Waals surface area contributed by atoms with Crippen molar-refractivity contribution >= 4 is 98.8 Å². The third kappa shape index (κ3) is 4.85. The Morgan fingerprint density at radius 1 is 0.882 bits per heavy atom. The Kier molecular flexibility index (Phi) is 7.82. The van der Waals surface area contributed by atoms with Crippen LogP contribution in [0.25, 0.3) is 10.8 Å². The van der Waals surface area contributed by atoms with Gasteiger partial charge in [0.2, 0.25) is 0 Å². The summed E-state index contributed by atoms with van der Waals surface area (Å²) >= 11 is 6.25. The van der Waals surface area contributed by atoms with Crippen LogP contribution < -0.4 is 4.18 Å². The van der Waals surface area contributed by atoms with Gasteiger partial charge in [-0.25, -0.2) is 0 Å². The van der Waals surface area contributed by atoms with Gasteiger partial charge in [0.15, 0.2) is 0 Å². The van der Waals surface area contributed by atoms with Gasteiger partial charge in [0.1, 0.15) is 10.6 Å². The molecule has 3 aromatic rings. The molecule has 0 heterocycles. The van der Waals surface area contributed by atoms with Crippen LogP contribution in [0.15, 0.2) is 40.1 Å². The van der Waals surface area contributed by atoms with E-state index in [9.17, 15) is 21.4 Å². The zero-order chi connectivity index (χ0) is 25.0. The summed E-state index contributed by atoms with van der Waals surface area (Å²) in [6, 6.07) is 9.00. The predicted molar refractivity (Wildman–Crippen MR) is 157 cm³/mol. The van der Waals surface area contributed by atoms with Crippen molar-refractivity contribution in [1.82, 2.24) is 0 Å². The number of halogens is 3. The van der Waals surface area contributed by atoms with Gasteiger partial charge in [0, 0.05) is 18.3 Å². The maximum absolute atomic E-state index is 13.8. The molecular formula is C23H21I3O6S2. The number of benzene rings is 3. The molecular weight excluding hydrogens is 817 g/mol. The fourth-order valence-corrected chi connectivity index (χ4v) is 10.6. The van der Waals surface area contributed by atoms with E-state index in [2.05, 4.69) is 45.2 Å². The molecule has 182 valence electrons. The van der Waals surface area contributed by atoms with Crippen molar-refractivity contribution in [3.8, 4) is 5.75 Å². The highest BCUT2D eigenvalue weighted by Crippen LogP contribution is 2.43. The van der Waals surface area contributed by atoms with Crippen molar-refractivity contribution in [2.45, 2.75) is 55.2 Å². The second kappa shape index (κ2) is 9.91. The first kappa shape index (κ1) is 26.8. The molecule has 0 bridgehead atoms. The zero-order valence-electron chi connectivity index (χ0n) is 18.2. The van der Waals surface area contributed by atoms with Gasteiger partial charge in [-0.2, -0.15) is 16.8 Å². The van der Waals surface area contributed by atoms with Gasteiger partial charge in [-0.15, -0.1) is 0 Å². The Labute approximate surface area is 240 Å². The van der Waals surface area contributed by atoms with Crippen molar-refractivity contribution in [3.05, 3.63) is 57.7 Å². The normalized spacial score (nSPS) is 14.4. The van der Waals surface area contributed by atoms with Crippen molar-refractivity contribution in [3.63, 3.8) is 0 Å². The summed E-state index contributed by atoms with van der Waals surface area (Å²) < 4.78 is 69.6. The van der Waals surface area contributed by atoms with Gasteiger partial charge in [-0.3, -0.25) is 4.55 Å². The lowest BCUT2D eigenvalue weighted by Gasteiger charge is -2.25. The topological polar surface area (TPSA) is 97.7 Å². The highest BCUT2D eigenvalue weighted by atomic mass is 127. The molecule has 4 rings (SSSR count). The lowest BCUT2D eigenvalue weighted by molar-refractivity contribution is 0.469. The molecule has 0 amide bonds. The lowest BCUT2D eigenvalue weighted by atomic mass is 9.87. The summed E-state index contributed by atoms with van der Waals surface area (Å²) in [6.45, 7) is 3.68. The molecule has 0 saturated heterocycles. The fourth-order valence-electron chi connectivity index (χ4n) is 4.33. The Hall–Kier alpha value is -0.230. The van der Waals surface area contributed by atoms with E-state index < -0.39 is 20.2 Å². The Balaban J connectivity index is 1.98. The van der Waals surface area contributed by atoms with Crippen LogP contribution in [0, 0.1) is 10.7 Å². The van der Waals surface area contributed by atoms with Gasteiger partial charge in [-0.05, 0) is 122 Å². The van der Waals surface area contributed by atoms with Crippen LogP contribution in [0.2, 0.25) is 0 Å². The quantitative estimate of drug-likeness (QED) is 0.134. The van der Waals surface area contributed by atoms with E-state index in [1.165, 1.54) is 6.07 Å². The van der Waals surface area contributed by atoms with Crippen LogP contribution in [-0.4, -0.2) is 21.4 Å². The van der Waals surface area contributed by atoms with E-state index in [0.29, 0.717) is 36.7 Å². The van der Waals surface area contributed by atoms with E-state index in [0.717, 1.165) is 27.2 Å².